The van der Waals surface area contributed by atoms with Crippen LogP contribution in [0.25, 0.3) is 5.65 Å². The zero-order valence-electron chi connectivity index (χ0n) is 19.3. The topological polar surface area (TPSA) is 97.6 Å². The SMILES string of the molecule is Cc1ccc(Oc2ccc3nc(NC(=O)C4CC4)cn3n2)cc1NC(=O)c1ccc(Cl)c(C(F)(F)F)c1. The van der Waals surface area contributed by atoms with Gasteiger partial charge in [0.15, 0.2) is 11.5 Å². The fourth-order valence-corrected chi connectivity index (χ4v) is 3.78. The highest BCUT2D eigenvalue weighted by atomic mass is 35.5. The van der Waals surface area contributed by atoms with Gasteiger partial charge in [0.25, 0.3) is 5.91 Å². The molecule has 0 saturated heterocycles. The first kappa shape index (κ1) is 24.6. The number of halogens is 4. The number of anilines is 2. The molecule has 1 fully saturated rings. The van der Waals surface area contributed by atoms with Gasteiger partial charge in [0.2, 0.25) is 11.8 Å². The lowest BCUT2D eigenvalue weighted by molar-refractivity contribution is -0.137. The summed E-state index contributed by atoms with van der Waals surface area (Å²) in [5, 5.41) is 9.22. The fourth-order valence-electron chi connectivity index (χ4n) is 3.55. The number of carbonyl (C=O) groups excluding carboxylic acids is 2. The summed E-state index contributed by atoms with van der Waals surface area (Å²) in [5.74, 6) is 0.182. The molecule has 4 aromatic rings. The van der Waals surface area contributed by atoms with E-state index < -0.39 is 22.7 Å². The minimum absolute atomic E-state index is 0.0410. The van der Waals surface area contributed by atoms with E-state index in [2.05, 4.69) is 20.7 Å². The quantitative estimate of drug-likeness (QED) is 0.314. The normalized spacial score (nSPS) is 13.4. The van der Waals surface area contributed by atoms with E-state index in [0.29, 0.717) is 34.5 Å². The summed E-state index contributed by atoms with van der Waals surface area (Å²) in [6.45, 7) is 1.73. The van der Waals surface area contributed by atoms with E-state index in [1.807, 2.05) is 0 Å². The van der Waals surface area contributed by atoms with E-state index in [1.165, 1.54) is 16.6 Å². The molecule has 0 bridgehead atoms. The predicted molar refractivity (Wildman–Crippen MR) is 130 cm³/mol. The molecule has 8 nitrogen and oxygen atoms in total. The van der Waals surface area contributed by atoms with E-state index in [-0.39, 0.29) is 23.3 Å². The summed E-state index contributed by atoms with van der Waals surface area (Å²) in [6, 6.07) is 11.1. The molecule has 190 valence electrons. The first-order valence-corrected chi connectivity index (χ1v) is 11.6. The monoisotopic (exact) mass is 529 g/mol. The van der Waals surface area contributed by atoms with Gasteiger partial charge >= 0.3 is 6.18 Å². The number of aryl methyl sites for hydroxylation is 1. The minimum atomic E-state index is -4.69. The van der Waals surface area contributed by atoms with Crippen LogP contribution in [0.2, 0.25) is 5.02 Å². The number of alkyl halides is 3. The Labute approximate surface area is 213 Å². The maximum absolute atomic E-state index is 13.2. The van der Waals surface area contributed by atoms with Crippen molar-refractivity contribution in [3.8, 4) is 11.6 Å². The highest BCUT2D eigenvalue weighted by Gasteiger charge is 2.34. The minimum Gasteiger partial charge on any atom is -0.438 e. The van der Waals surface area contributed by atoms with E-state index >= 15 is 0 Å². The Kier molecular flexibility index (Phi) is 6.24. The van der Waals surface area contributed by atoms with Gasteiger partial charge in [-0.25, -0.2) is 9.50 Å². The number of hydrogen-bond acceptors (Lipinski definition) is 5. The lowest BCUT2D eigenvalue weighted by Crippen LogP contribution is -2.15. The summed E-state index contributed by atoms with van der Waals surface area (Å²) < 4.78 is 46.8. The average molecular weight is 530 g/mol. The molecule has 2 N–H and O–H groups in total. The molecule has 1 aliphatic carbocycles. The molecule has 37 heavy (non-hydrogen) atoms. The van der Waals surface area contributed by atoms with Gasteiger partial charge in [0.05, 0.1) is 16.8 Å². The van der Waals surface area contributed by atoms with Gasteiger partial charge in [0, 0.05) is 29.3 Å². The lowest BCUT2D eigenvalue weighted by atomic mass is 10.1. The van der Waals surface area contributed by atoms with Crippen LogP contribution in [-0.4, -0.2) is 26.4 Å². The van der Waals surface area contributed by atoms with Crippen LogP contribution >= 0.6 is 11.6 Å². The molecule has 0 unspecified atom stereocenters. The van der Waals surface area contributed by atoms with Gasteiger partial charge in [-0.3, -0.25) is 9.59 Å². The summed E-state index contributed by atoms with van der Waals surface area (Å²) >= 11 is 5.65. The van der Waals surface area contributed by atoms with Crippen LogP contribution in [0.3, 0.4) is 0 Å². The number of fused-ring (bicyclic) bond motifs is 1. The lowest BCUT2D eigenvalue weighted by Gasteiger charge is -2.13. The standard InChI is InChI=1S/C25H19ClF3N5O3/c1-13-2-6-16(11-19(13)30-24(36)15-5-7-18(26)17(10-15)25(27,28)29)37-22-9-8-21-31-20(12-34(21)33-22)32-23(35)14-3-4-14/h2,5-12,14H,3-4H2,1H3,(H,30,36)(H,32,35). The molecule has 12 heteroatoms. The molecule has 1 aliphatic rings. The number of carbonyl (C=O) groups is 2. The van der Waals surface area contributed by atoms with E-state index in [1.54, 1.807) is 37.4 Å². The second kappa shape index (κ2) is 9.40. The largest absolute Gasteiger partial charge is 0.438 e. The van der Waals surface area contributed by atoms with Crippen molar-refractivity contribution in [2.45, 2.75) is 25.9 Å². The van der Waals surface area contributed by atoms with Crippen LogP contribution in [0.5, 0.6) is 11.6 Å². The fraction of sp³-hybridized carbons (Fsp3) is 0.200. The highest BCUT2D eigenvalue weighted by Crippen LogP contribution is 2.35. The third kappa shape index (κ3) is 5.51. The number of rotatable bonds is 6. The molecule has 0 radical (unpaired) electrons. The van der Waals surface area contributed by atoms with Crippen molar-refractivity contribution in [1.82, 2.24) is 14.6 Å². The van der Waals surface area contributed by atoms with Crippen molar-refractivity contribution in [3.63, 3.8) is 0 Å². The Balaban J connectivity index is 1.32. The molecule has 5 rings (SSSR count). The van der Waals surface area contributed by atoms with Gasteiger partial charge in [-0.1, -0.05) is 17.7 Å². The molecule has 0 atom stereocenters. The van der Waals surface area contributed by atoms with Gasteiger partial charge in [-0.2, -0.15) is 13.2 Å². The molecule has 0 aliphatic heterocycles. The highest BCUT2D eigenvalue weighted by molar-refractivity contribution is 6.31. The first-order valence-electron chi connectivity index (χ1n) is 11.2. The number of aromatic nitrogens is 3. The number of hydrogen-bond donors (Lipinski definition) is 2. The Morgan fingerprint density at radius 3 is 2.59 bits per heavy atom. The van der Waals surface area contributed by atoms with E-state index in [9.17, 15) is 22.8 Å². The number of amides is 2. The molecule has 2 aromatic carbocycles. The van der Waals surface area contributed by atoms with Crippen molar-refractivity contribution in [2.24, 2.45) is 5.92 Å². The van der Waals surface area contributed by atoms with Crippen LogP contribution in [-0.2, 0) is 11.0 Å². The van der Waals surface area contributed by atoms with Crippen molar-refractivity contribution < 1.29 is 27.5 Å². The van der Waals surface area contributed by atoms with Crippen molar-refractivity contribution in [3.05, 3.63) is 76.4 Å². The van der Waals surface area contributed by atoms with Crippen LogP contribution in [0, 0.1) is 12.8 Å². The van der Waals surface area contributed by atoms with Gasteiger partial charge in [-0.15, -0.1) is 5.10 Å². The van der Waals surface area contributed by atoms with Gasteiger partial charge in [-0.05, 0) is 55.7 Å². The third-order valence-electron chi connectivity index (χ3n) is 5.71. The van der Waals surface area contributed by atoms with Crippen LogP contribution in [0.4, 0.5) is 24.7 Å². The number of imidazole rings is 1. The predicted octanol–water partition coefficient (Wildman–Crippen LogP) is 6.10. The van der Waals surface area contributed by atoms with Gasteiger partial charge < -0.3 is 15.4 Å². The molecular weight excluding hydrogens is 511 g/mol. The smallest absolute Gasteiger partial charge is 0.417 e. The third-order valence-corrected chi connectivity index (χ3v) is 6.04. The molecular formula is C25H19ClF3N5O3. The second-order valence-corrected chi connectivity index (χ2v) is 9.00. The van der Waals surface area contributed by atoms with Gasteiger partial charge in [0.1, 0.15) is 5.75 Å². The Morgan fingerprint density at radius 2 is 1.86 bits per heavy atom. The van der Waals surface area contributed by atoms with E-state index in [4.69, 9.17) is 16.3 Å². The Bertz CT molecular complexity index is 1530. The maximum atomic E-state index is 13.2. The van der Waals surface area contributed by atoms with Crippen molar-refractivity contribution >= 4 is 40.6 Å². The van der Waals surface area contributed by atoms with Crippen LogP contribution < -0.4 is 15.4 Å². The molecule has 2 heterocycles. The zero-order valence-corrected chi connectivity index (χ0v) is 20.0. The molecule has 2 aromatic heterocycles. The van der Waals surface area contributed by atoms with Crippen LogP contribution in [0.15, 0.2) is 54.7 Å². The zero-order chi connectivity index (χ0) is 26.3. The maximum Gasteiger partial charge on any atom is 0.417 e. The molecule has 1 saturated carbocycles. The van der Waals surface area contributed by atoms with E-state index in [0.717, 1.165) is 18.9 Å². The summed E-state index contributed by atoms with van der Waals surface area (Å²) in [5.41, 5.74) is 0.238. The second-order valence-electron chi connectivity index (χ2n) is 8.59. The Hall–Kier alpha value is -4.12. The molecule has 2 amide bonds. The number of benzene rings is 2. The number of nitrogens with zero attached hydrogens (tertiary/aromatic N) is 3. The van der Waals surface area contributed by atoms with Crippen molar-refractivity contribution in [2.75, 3.05) is 10.6 Å². The number of nitrogens with one attached hydrogen (secondary N) is 2. The average Bonchev–Trinajstić information content (AvgIpc) is 3.61. The van der Waals surface area contributed by atoms with Crippen LogP contribution in [0.1, 0.15) is 34.3 Å². The van der Waals surface area contributed by atoms with Crippen molar-refractivity contribution in [1.29, 1.82) is 0 Å². The first-order chi connectivity index (χ1) is 17.6. The summed E-state index contributed by atoms with van der Waals surface area (Å²) in [7, 11) is 0. The Morgan fingerprint density at radius 1 is 1.08 bits per heavy atom. The summed E-state index contributed by atoms with van der Waals surface area (Å²) in [4.78, 5) is 29.0. The number of ether oxygens (including phenoxy) is 1. The molecule has 0 spiro atoms. The summed E-state index contributed by atoms with van der Waals surface area (Å²) in [6.07, 6.45) is -1.36.